The molecule has 0 fully saturated rings. The van der Waals surface area contributed by atoms with Crippen molar-refractivity contribution in [2.45, 2.75) is 44.4 Å². The number of rotatable bonds is 6. The highest BCUT2D eigenvalue weighted by Gasteiger charge is 2.42. The van der Waals surface area contributed by atoms with Gasteiger partial charge in [-0.3, -0.25) is 9.78 Å². The molecular formula is C21H24N2O5. The number of alkyl carbamates (subject to hydrolysis) is 1. The molecular weight excluding hydrogens is 360 g/mol. The van der Waals surface area contributed by atoms with Crippen molar-refractivity contribution in [2.75, 3.05) is 6.61 Å². The molecule has 3 rings (SSSR count). The quantitative estimate of drug-likeness (QED) is 0.743. The maximum absolute atomic E-state index is 12.2. The van der Waals surface area contributed by atoms with E-state index in [9.17, 15) is 14.7 Å². The average molecular weight is 384 g/mol. The highest BCUT2D eigenvalue weighted by atomic mass is 16.5. The highest BCUT2D eigenvalue weighted by Crippen LogP contribution is 2.37. The van der Waals surface area contributed by atoms with Gasteiger partial charge in [-0.1, -0.05) is 36.4 Å². The molecule has 1 aliphatic carbocycles. The Bertz CT molecular complexity index is 827. The Morgan fingerprint density at radius 2 is 2.00 bits per heavy atom. The number of carbonyl (C=O) groups is 2. The van der Waals surface area contributed by atoms with E-state index in [1.54, 1.807) is 19.2 Å². The Labute approximate surface area is 163 Å². The summed E-state index contributed by atoms with van der Waals surface area (Å²) in [5, 5.41) is 13.9. The van der Waals surface area contributed by atoms with Crippen LogP contribution in [0.2, 0.25) is 0 Å². The van der Waals surface area contributed by atoms with Crippen molar-refractivity contribution >= 4 is 12.1 Å². The predicted octanol–water partition coefficient (Wildman–Crippen LogP) is 2.46. The summed E-state index contributed by atoms with van der Waals surface area (Å²) in [5.41, 5.74) is 0.626. The fraction of sp³-hybridized carbons (Fsp3) is 0.381. The van der Waals surface area contributed by atoms with Gasteiger partial charge >= 0.3 is 12.1 Å². The number of carbonyl (C=O) groups excluding carboxylic acids is 2. The molecule has 7 nitrogen and oxygen atoms in total. The lowest BCUT2D eigenvalue weighted by atomic mass is 9.78. The van der Waals surface area contributed by atoms with Crippen LogP contribution in [0.3, 0.4) is 0 Å². The van der Waals surface area contributed by atoms with Gasteiger partial charge in [0.15, 0.2) is 0 Å². The molecule has 1 amide bonds. The summed E-state index contributed by atoms with van der Waals surface area (Å²) >= 11 is 0. The number of aliphatic hydroxyl groups is 1. The number of esters is 1. The normalized spacial score (nSPS) is 20.7. The van der Waals surface area contributed by atoms with Crippen LogP contribution in [0.4, 0.5) is 4.79 Å². The second kappa shape index (κ2) is 8.84. The van der Waals surface area contributed by atoms with E-state index in [-0.39, 0.29) is 32.1 Å². The molecule has 0 saturated carbocycles. The van der Waals surface area contributed by atoms with E-state index >= 15 is 0 Å². The molecule has 1 aromatic heterocycles. The van der Waals surface area contributed by atoms with E-state index < -0.39 is 17.7 Å². The van der Waals surface area contributed by atoms with Gasteiger partial charge in [0.25, 0.3) is 0 Å². The molecule has 0 unspecified atom stereocenters. The molecule has 2 aromatic rings. The van der Waals surface area contributed by atoms with Crippen molar-refractivity contribution < 1.29 is 24.2 Å². The SMILES string of the molecule is CCOC(=O)C[C@]1(O)C[C@@H](NC(=O)OCc2ccccc2)Cc2cccnc21. The van der Waals surface area contributed by atoms with Crippen molar-refractivity contribution in [1.29, 1.82) is 0 Å². The molecule has 0 saturated heterocycles. The van der Waals surface area contributed by atoms with E-state index in [0.717, 1.165) is 11.1 Å². The summed E-state index contributed by atoms with van der Waals surface area (Å²) in [6.45, 7) is 2.10. The maximum Gasteiger partial charge on any atom is 0.407 e. The first-order valence-electron chi connectivity index (χ1n) is 9.30. The van der Waals surface area contributed by atoms with Crippen molar-refractivity contribution in [3.63, 3.8) is 0 Å². The molecule has 2 N–H and O–H groups in total. The molecule has 28 heavy (non-hydrogen) atoms. The van der Waals surface area contributed by atoms with Crippen LogP contribution in [0, 0.1) is 0 Å². The number of nitrogens with zero attached hydrogens (tertiary/aromatic N) is 1. The minimum atomic E-state index is -1.50. The minimum Gasteiger partial charge on any atom is -0.466 e. The van der Waals surface area contributed by atoms with Gasteiger partial charge in [0.05, 0.1) is 18.7 Å². The molecule has 0 bridgehead atoms. The fourth-order valence-electron chi connectivity index (χ4n) is 3.50. The van der Waals surface area contributed by atoms with Crippen molar-refractivity contribution in [3.05, 3.63) is 65.5 Å². The minimum absolute atomic E-state index is 0.149. The maximum atomic E-state index is 12.2. The van der Waals surface area contributed by atoms with Gasteiger partial charge in [-0.2, -0.15) is 0 Å². The molecule has 148 valence electrons. The first-order valence-corrected chi connectivity index (χ1v) is 9.30. The number of nitrogens with one attached hydrogen (secondary N) is 1. The van der Waals surface area contributed by atoms with Crippen LogP contribution in [-0.4, -0.2) is 34.8 Å². The fourth-order valence-corrected chi connectivity index (χ4v) is 3.50. The predicted molar refractivity (Wildman–Crippen MR) is 101 cm³/mol. The Morgan fingerprint density at radius 3 is 2.75 bits per heavy atom. The number of pyridine rings is 1. The Morgan fingerprint density at radius 1 is 1.21 bits per heavy atom. The van der Waals surface area contributed by atoms with E-state index in [1.807, 2.05) is 36.4 Å². The van der Waals surface area contributed by atoms with Crippen LogP contribution < -0.4 is 5.32 Å². The summed E-state index contributed by atoms with van der Waals surface area (Å²) in [7, 11) is 0. The third kappa shape index (κ3) is 4.86. The highest BCUT2D eigenvalue weighted by molar-refractivity contribution is 5.71. The molecule has 0 spiro atoms. The summed E-state index contributed by atoms with van der Waals surface area (Å²) in [6, 6.07) is 12.6. The number of amides is 1. The monoisotopic (exact) mass is 384 g/mol. The molecule has 7 heteroatoms. The summed E-state index contributed by atoms with van der Waals surface area (Å²) in [5.74, 6) is -0.506. The molecule has 1 heterocycles. The van der Waals surface area contributed by atoms with Crippen LogP contribution >= 0.6 is 0 Å². The zero-order valence-corrected chi connectivity index (χ0v) is 15.8. The van der Waals surface area contributed by atoms with Crippen LogP contribution in [-0.2, 0) is 32.9 Å². The van der Waals surface area contributed by atoms with Crippen LogP contribution in [0.15, 0.2) is 48.7 Å². The lowest BCUT2D eigenvalue weighted by Crippen LogP contribution is -2.47. The van der Waals surface area contributed by atoms with Gasteiger partial charge in [-0.15, -0.1) is 0 Å². The lowest BCUT2D eigenvalue weighted by molar-refractivity contribution is -0.150. The number of hydrogen-bond acceptors (Lipinski definition) is 6. The van der Waals surface area contributed by atoms with E-state index in [1.165, 1.54) is 0 Å². The first-order chi connectivity index (χ1) is 13.5. The lowest BCUT2D eigenvalue weighted by Gasteiger charge is -2.37. The molecule has 2 atom stereocenters. The Hall–Kier alpha value is -2.93. The van der Waals surface area contributed by atoms with Crippen LogP contribution in [0.5, 0.6) is 0 Å². The number of benzene rings is 1. The zero-order valence-electron chi connectivity index (χ0n) is 15.8. The van der Waals surface area contributed by atoms with Gasteiger partial charge in [0.1, 0.15) is 12.2 Å². The van der Waals surface area contributed by atoms with Crippen LogP contribution in [0.1, 0.15) is 36.6 Å². The van der Waals surface area contributed by atoms with E-state index in [2.05, 4.69) is 10.3 Å². The Kier molecular flexibility index (Phi) is 6.26. The summed E-state index contributed by atoms with van der Waals surface area (Å²) < 4.78 is 10.3. The number of fused-ring (bicyclic) bond motifs is 1. The number of aromatic nitrogens is 1. The number of hydrogen-bond donors (Lipinski definition) is 2. The summed E-state index contributed by atoms with van der Waals surface area (Å²) in [4.78, 5) is 28.5. The van der Waals surface area contributed by atoms with E-state index in [0.29, 0.717) is 12.1 Å². The van der Waals surface area contributed by atoms with Gasteiger partial charge in [0.2, 0.25) is 0 Å². The van der Waals surface area contributed by atoms with Gasteiger partial charge in [-0.25, -0.2) is 4.79 Å². The van der Waals surface area contributed by atoms with Crippen molar-refractivity contribution in [1.82, 2.24) is 10.3 Å². The zero-order chi connectivity index (χ0) is 20.0. The van der Waals surface area contributed by atoms with E-state index in [4.69, 9.17) is 9.47 Å². The van der Waals surface area contributed by atoms with Gasteiger partial charge < -0.3 is 19.9 Å². The second-order valence-electron chi connectivity index (χ2n) is 6.84. The average Bonchev–Trinajstić information content (AvgIpc) is 2.67. The smallest absolute Gasteiger partial charge is 0.407 e. The molecule has 1 aliphatic rings. The first kappa shape index (κ1) is 19.8. The molecule has 1 aromatic carbocycles. The third-order valence-corrected chi connectivity index (χ3v) is 4.66. The molecule has 0 aliphatic heterocycles. The second-order valence-corrected chi connectivity index (χ2v) is 6.84. The summed E-state index contributed by atoms with van der Waals surface area (Å²) in [6.07, 6.45) is 1.43. The van der Waals surface area contributed by atoms with Crippen molar-refractivity contribution in [2.24, 2.45) is 0 Å². The number of ether oxygens (including phenoxy) is 2. The Balaban J connectivity index is 1.67. The van der Waals surface area contributed by atoms with Crippen LogP contribution in [0.25, 0.3) is 0 Å². The van der Waals surface area contributed by atoms with Gasteiger partial charge in [-0.05, 0) is 30.5 Å². The standard InChI is InChI=1S/C21H24N2O5/c1-2-27-18(24)13-21(26)12-17(11-16-9-6-10-22-19(16)21)23-20(25)28-14-15-7-4-3-5-8-15/h3-10,17,26H,2,11-14H2,1H3,(H,23,25)/t17-,21+/m0/s1. The van der Waals surface area contributed by atoms with Crippen molar-refractivity contribution in [3.8, 4) is 0 Å². The topological polar surface area (TPSA) is 97.8 Å². The van der Waals surface area contributed by atoms with Gasteiger partial charge in [0, 0.05) is 18.7 Å². The third-order valence-electron chi connectivity index (χ3n) is 4.66. The largest absolute Gasteiger partial charge is 0.466 e. The molecule has 0 radical (unpaired) electrons.